The van der Waals surface area contributed by atoms with Gasteiger partial charge in [0.1, 0.15) is 6.61 Å². The highest BCUT2D eigenvalue weighted by Gasteiger charge is 2.39. The fourth-order valence-corrected chi connectivity index (χ4v) is 1.66. The first kappa shape index (κ1) is 11.8. The van der Waals surface area contributed by atoms with Gasteiger partial charge in [0, 0.05) is 10.5 Å². The van der Waals surface area contributed by atoms with Gasteiger partial charge in [0.05, 0.1) is 30.9 Å². The van der Waals surface area contributed by atoms with Crippen molar-refractivity contribution in [3.63, 3.8) is 0 Å². The third-order valence-electron chi connectivity index (χ3n) is 2.67. The second-order valence-corrected chi connectivity index (χ2v) is 5.01. The Morgan fingerprint density at radius 3 is 2.81 bits per heavy atom. The van der Waals surface area contributed by atoms with Gasteiger partial charge in [-0.15, -0.1) is 0 Å². The second-order valence-electron chi connectivity index (χ2n) is 4.16. The number of rotatable bonds is 4. The third kappa shape index (κ3) is 2.36. The molecule has 88 valence electrons. The van der Waals surface area contributed by atoms with Crippen LogP contribution >= 0.6 is 15.9 Å². The van der Waals surface area contributed by atoms with E-state index >= 15 is 0 Å². The van der Waals surface area contributed by atoms with Gasteiger partial charge in [-0.05, 0) is 28.9 Å². The molecule has 1 aliphatic heterocycles. The van der Waals surface area contributed by atoms with Crippen molar-refractivity contribution >= 4 is 15.9 Å². The van der Waals surface area contributed by atoms with Crippen molar-refractivity contribution in [2.75, 3.05) is 26.4 Å². The molecule has 0 spiro atoms. The standard InChI is InChI=1S/C11H14BrNO3/c1-8-9(12)2-3-10(13-8)16-7-11(4-14)5-15-6-11/h2-3,14H,4-7H2,1H3. The van der Waals surface area contributed by atoms with E-state index < -0.39 is 0 Å². The number of nitrogens with zero attached hydrogens (tertiary/aromatic N) is 1. The van der Waals surface area contributed by atoms with Crippen LogP contribution in [0.1, 0.15) is 5.69 Å². The van der Waals surface area contributed by atoms with Crippen molar-refractivity contribution in [1.29, 1.82) is 0 Å². The SMILES string of the molecule is Cc1nc(OCC2(CO)COC2)ccc1Br. The van der Waals surface area contributed by atoms with E-state index in [-0.39, 0.29) is 12.0 Å². The van der Waals surface area contributed by atoms with Crippen LogP contribution in [0.3, 0.4) is 0 Å². The Morgan fingerprint density at radius 1 is 1.56 bits per heavy atom. The van der Waals surface area contributed by atoms with Crippen LogP contribution in [-0.2, 0) is 4.74 Å². The van der Waals surface area contributed by atoms with Gasteiger partial charge >= 0.3 is 0 Å². The summed E-state index contributed by atoms with van der Waals surface area (Å²) in [7, 11) is 0. The lowest BCUT2D eigenvalue weighted by Gasteiger charge is -2.39. The van der Waals surface area contributed by atoms with Crippen LogP contribution in [-0.4, -0.2) is 36.5 Å². The summed E-state index contributed by atoms with van der Waals surface area (Å²) in [5, 5.41) is 9.23. The largest absolute Gasteiger partial charge is 0.477 e. The summed E-state index contributed by atoms with van der Waals surface area (Å²) in [6.45, 7) is 3.54. The number of aromatic nitrogens is 1. The summed E-state index contributed by atoms with van der Waals surface area (Å²) in [4.78, 5) is 4.28. The van der Waals surface area contributed by atoms with Gasteiger partial charge in [-0.2, -0.15) is 0 Å². The average molecular weight is 288 g/mol. The molecule has 0 saturated carbocycles. The average Bonchev–Trinajstić information content (AvgIpc) is 2.22. The van der Waals surface area contributed by atoms with E-state index in [1.54, 1.807) is 0 Å². The molecule has 0 atom stereocenters. The fraction of sp³-hybridized carbons (Fsp3) is 0.545. The van der Waals surface area contributed by atoms with Gasteiger partial charge in [-0.1, -0.05) is 0 Å². The number of aliphatic hydroxyl groups excluding tert-OH is 1. The summed E-state index contributed by atoms with van der Waals surface area (Å²) in [5.41, 5.74) is 0.656. The molecule has 4 nitrogen and oxygen atoms in total. The molecule has 0 aromatic carbocycles. The highest BCUT2D eigenvalue weighted by molar-refractivity contribution is 9.10. The van der Waals surface area contributed by atoms with Crippen LogP contribution in [0.4, 0.5) is 0 Å². The molecule has 0 radical (unpaired) electrons. The van der Waals surface area contributed by atoms with Gasteiger partial charge in [-0.3, -0.25) is 0 Å². The van der Waals surface area contributed by atoms with Crippen molar-refractivity contribution < 1.29 is 14.6 Å². The van der Waals surface area contributed by atoms with Gasteiger partial charge in [0.15, 0.2) is 0 Å². The van der Waals surface area contributed by atoms with Crippen LogP contribution in [0.5, 0.6) is 5.88 Å². The molecule has 0 bridgehead atoms. The highest BCUT2D eigenvalue weighted by Crippen LogP contribution is 2.28. The number of hydrogen-bond donors (Lipinski definition) is 1. The van der Waals surface area contributed by atoms with Crippen molar-refractivity contribution in [3.8, 4) is 5.88 Å². The van der Waals surface area contributed by atoms with Crippen LogP contribution in [0.2, 0.25) is 0 Å². The predicted molar refractivity (Wildman–Crippen MR) is 62.5 cm³/mol. The molecule has 1 aliphatic rings. The van der Waals surface area contributed by atoms with E-state index in [1.807, 2.05) is 19.1 Å². The zero-order valence-corrected chi connectivity index (χ0v) is 10.7. The molecule has 1 aromatic heterocycles. The van der Waals surface area contributed by atoms with Gasteiger partial charge in [-0.25, -0.2) is 4.98 Å². The van der Waals surface area contributed by atoms with Crippen molar-refractivity contribution in [2.45, 2.75) is 6.92 Å². The molecule has 2 heterocycles. The maximum absolute atomic E-state index is 9.23. The van der Waals surface area contributed by atoms with E-state index in [4.69, 9.17) is 9.47 Å². The summed E-state index contributed by atoms with van der Waals surface area (Å²) in [5.74, 6) is 0.584. The Bertz CT molecular complexity index is 374. The fourth-order valence-electron chi connectivity index (χ4n) is 1.44. The minimum atomic E-state index is -0.233. The van der Waals surface area contributed by atoms with Crippen molar-refractivity contribution in [3.05, 3.63) is 22.3 Å². The normalized spacial score (nSPS) is 17.9. The zero-order valence-electron chi connectivity index (χ0n) is 9.07. The molecule has 16 heavy (non-hydrogen) atoms. The number of pyridine rings is 1. The molecular weight excluding hydrogens is 274 g/mol. The number of aryl methyl sites for hydroxylation is 1. The Hall–Kier alpha value is -0.650. The van der Waals surface area contributed by atoms with E-state index in [1.165, 1.54) is 0 Å². The lowest BCUT2D eigenvalue weighted by Crippen LogP contribution is -2.50. The second kappa shape index (κ2) is 4.69. The summed E-state index contributed by atoms with van der Waals surface area (Å²) in [6, 6.07) is 3.71. The van der Waals surface area contributed by atoms with Gasteiger partial charge in [0.25, 0.3) is 0 Å². The number of ether oxygens (including phenoxy) is 2. The number of aliphatic hydroxyl groups is 1. The van der Waals surface area contributed by atoms with Crippen LogP contribution in [0, 0.1) is 12.3 Å². The van der Waals surface area contributed by atoms with Gasteiger partial charge < -0.3 is 14.6 Å². The first-order valence-electron chi connectivity index (χ1n) is 5.10. The molecular formula is C11H14BrNO3. The van der Waals surface area contributed by atoms with Crippen LogP contribution in [0.25, 0.3) is 0 Å². The van der Waals surface area contributed by atoms with E-state index in [9.17, 15) is 5.11 Å². The summed E-state index contributed by atoms with van der Waals surface area (Å²) in [6.07, 6.45) is 0. The van der Waals surface area contributed by atoms with E-state index in [0.717, 1.165) is 10.2 Å². The first-order valence-corrected chi connectivity index (χ1v) is 5.89. The monoisotopic (exact) mass is 287 g/mol. The highest BCUT2D eigenvalue weighted by atomic mass is 79.9. The Kier molecular flexibility index (Phi) is 3.47. The Morgan fingerprint density at radius 2 is 2.31 bits per heavy atom. The smallest absolute Gasteiger partial charge is 0.213 e. The minimum absolute atomic E-state index is 0.0858. The van der Waals surface area contributed by atoms with Crippen LogP contribution < -0.4 is 4.74 Å². The predicted octanol–water partition coefficient (Wildman–Crippen LogP) is 1.54. The molecule has 0 amide bonds. The van der Waals surface area contributed by atoms with Crippen molar-refractivity contribution in [1.82, 2.24) is 4.98 Å². The zero-order chi connectivity index (χ0) is 11.6. The summed E-state index contributed by atoms with van der Waals surface area (Å²) >= 11 is 3.38. The maximum atomic E-state index is 9.23. The van der Waals surface area contributed by atoms with Crippen molar-refractivity contribution in [2.24, 2.45) is 5.41 Å². The Balaban J connectivity index is 1.96. The topological polar surface area (TPSA) is 51.6 Å². The van der Waals surface area contributed by atoms with Crippen LogP contribution in [0.15, 0.2) is 16.6 Å². The number of halogens is 1. The molecule has 5 heteroatoms. The lowest BCUT2D eigenvalue weighted by molar-refractivity contribution is -0.153. The Labute approximate surface area is 103 Å². The minimum Gasteiger partial charge on any atom is -0.477 e. The quantitative estimate of drug-likeness (QED) is 0.913. The third-order valence-corrected chi connectivity index (χ3v) is 3.51. The molecule has 1 N–H and O–H groups in total. The molecule has 0 aliphatic carbocycles. The number of hydrogen-bond acceptors (Lipinski definition) is 4. The maximum Gasteiger partial charge on any atom is 0.213 e. The molecule has 1 aromatic rings. The van der Waals surface area contributed by atoms with E-state index in [0.29, 0.717) is 25.7 Å². The molecule has 1 fully saturated rings. The summed E-state index contributed by atoms with van der Waals surface area (Å²) < 4.78 is 11.6. The molecule has 2 rings (SSSR count). The molecule has 0 unspecified atom stereocenters. The van der Waals surface area contributed by atoms with Gasteiger partial charge in [0.2, 0.25) is 5.88 Å². The lowest BCUT2D eigenvalue weighted by atomic mass is 9.88. The first-order chi connectivity index (χ1) is 7.65. The van der Waals surface area contributed by atoms with E-state index in [2.05, 4.69) is 20.9 Å². The molecule has 1 saturated heterocycles.